The molecule has 1 rings (SSSR count). The molecular weight excluding hydrogens is 305 g/mol. The van der Waals surface area contributed by atoms with Crippen LogP contribution in [0.25, 0.3) is 0 Å². The first-order chi connectivity index (χ1) is 7.82. The second-order valence-corrected chi connectivity index (χ2v) is 4.03. The first-order valence-electron chi connectivity index (χ1n) is 4.49. The van der Waals surface area contributed by atoms with Crippen molar-refractivity contribution in [3.8, 4) is 5.75 Å². The highest BCUT2D eigenvalue weighted by molar-refractivity contribution is 9.10. The van der Waals surface area contributed by atoms with Gasteiger partial charge in [0.2, 0.25) is 0 Å². The highest BCUT2D eigenvalue weighted by Crippen LogP contribution is 2.29. The molecule has 94 valence electrons. The van der Waals surface area contributed by atoms with Gasteiger partial charge in [-0.15, -0.1) is 0 Å². The molecule has 0 heterocycles. The van der Waals surface area contributed by atoms with Gasteiger partial charge >= 0.3 is 12.1 Å². The van der Waals surface area contributed by atoms with E-state index in [1.807, 2.05) is 0 Å². The van der Waals surface area contributed by atoms with Crippen LogP contribution in [0.2, 0.25) is 0 Å². The Bertz CT molecular complexity index is 406. The van der Waals surface area contributed by atoms with Crippen molar-refractivity contribution in [2.24, 2.45) is 5.92 Å². The van der Waals surface area contributed by atoms with Crippen LogP contribution in [0.3, 0.4) is 0 Å². The highest BCUT2D eigenvalue weighted by Gasteiger charge is 2.45. The van der Waals surface area contributed by atoms with E-state index in [0.717, 1.165) is 0 Å². The van der Waals surface area contributed by atoms with Crippen molar-refractivity contribution in [1.29, 1.82) is 0 Å². The van der Waals surface area contributed by atoms with E-state index in [2.05, 4.69) is 15.9 Å². The van der Waals surface area contributed by atoms with Crippen molar-refractivity contribution in [2.45, 2.75) is 6.18 Å². The molecular formula is C10H8BrF3O3. The Morgan fingerprint density at radius 3 is 2.47 bits per heavy atom. The van der Waals surface area contributed by atoms with E-state index in [-0.39, 0.29) is 5.75 Å². The van der Waals surface area contributed by atoms with Gasteiger partial charge in [-0.1, -0.05) is 12.1 Å². The molecule has 0 saturated carbocycles. The van der Waals surface area contributed by atoms with Crippen LogP contribution in [0, 0.1) is 5.92 Å². The number of aliphatic carboxylic acids is 1. The molecule has 1 aromatic rings. The van der Waals surface area contributed by atoms with Crippen LogP contribution >= 0.6 is 15.9 Å². The second-order valence-electron chi connectivity index (χ2n) is 3.17. The standard InChI is InChI=1S/C10H8BrF3O3/c11-7-3-1-2-4-8(7)17-5-6(9(15)16)10(12,13)14/h1-4,6H,5H2,(H,15,16). The largest absolute Gasteiger partial charge is 0.491 e. The summed E-state index contributed by atoms with van der Waals surface area (Å²) in [5.74, 6) is -4.32. The predicted octanol–water partition coefficient (Wildman–Crippen LogP) is 3.09. The minimum atomic E-state index is -4.83. The Kier molecular flexibility index (Phi) is 4.39. The maximum absolute atomic E-state index is 12.3. The third-order valence-corrected chi connectivity index (χ3v) is 2.59. The van der Waals surface area contributed by atoms with Gasteiger partial charge in [0, 0.05) is 0 Å². The smallest absolute Gasteiger partial charge is 0.405 e. The molecule has 1 aromatic carbocycles. The van der Waals surface area contributed by atoms with Crippen LogP contribution in [0.1, 0.15) is 0 Å². The van der Waals surface area contributed by atoms with Crippen LogP contribution < -0.4 is 4.74 Å². The summed E-state index contributed by atoms with van der Waals surface area (Å²) >= 11 is 3.08. The van der Waals surface area contributed by atoms with Gasteiger partial charge in [0.25, 0.3) is 0 Å². The number of halogens is 4. The number of ether oxygens (including phenoxy) is 1. The normalized spacial score (nSPS) is 13.2. The molecule has 1 unspecified atom stereocenters. The van der Waals surface area contributed by atoms with Crippen molar-refractivity contribution in [3.05, 3.63) is 28.7 Å². The molecule has 1 atom stereocenters. The average Bonchev–Trinajstić information content (AvgIpc) is 2.18. The highest BCUT2D eigenvalue weighted by atomic mass is 79.9. The number of rotatable bonds is 4. The quantitative estimate of drug-likeness (QED) is 0.929. The monoisotopic (exact) mass is 312 g/mol. The fourth-order valence-corrected chi connectivity index (χ4v) is 1.44. The second kappa shape index (κ2) is 5.39. The summed E-state index contributed by atoms with van der Waals surface area (Å²) in [4.78, 5) is 10.4. The molecule has 1 N–H and O–H groups in total. The van der Waals surface area contributed by atoms with Gasteiger partial charge < -0.3 is 9.84 Å². The molecule has 0 aliphatic carbocycles. The van der Waals surface area contributed by atoms with Crippen LogP contribution in [-0.2, 0) is 4.79 Å². The molecule has 0 fully saturated rings. The van der Waals surface area contributed by atoms with E-state index in [1.165, 1.54) is 6.07 Å². The van der Waals surface area contributed by atoms with Gasteiger partial charge in [-0.2, -0.15) is 13.2 Å². The molecule has 0 bridgehead atoms. The summed E-state index contributed by atoms with van der Waals surface area (Å²) in [6.45, 7) is -0.957. The van der Waals surface area contributed by atoms with Crippen molar-refractivity contribution < 1.29 is 27.8 Å². The fourth-order valence-electron chi connectivity index (χ4n) is 1.04. The summed E-state index contributed by atoms with van der Waals surface area (Å²) in [7, 11) is 0. The average molecular weight is 313 g/mol. The van der Waals surface area contributed by atoms with E-state index in [1.54, 1.807) is 18.2 Å². The van der Waals surface area contributed by atoms with Gasteiger partial charge in [0.1, 0.15) is 12.4 Å². The topological polar surface area (TPSA) is 46.5 Å². The molecule has 0 aliphatic heterocycles. The lowest BCUT2D eigenvalue weighted by atomic mass is 10.1. The maximum Gasteiger partial charge on any atom is 0.405 e. The van der Waals surface area contributed by atoms with E-state index in [0.29, 0.717) is 4.47 Å². The van der Waals surface area contributed by atoms with Gasteiger partial charge in [-0.05, 0) is 28.1 Å². The minimum absolute atomic E-state index is 0.169. The zero-order valence-electron chi connectivity index (χ0n) is 8.37. The number of alkyl halides is 3. The van der Waals surface area contributed by atoms with Crippen LogP contribution in [-0.4, -0.2) is 23.9 Å². The number of benzene rings is 1. The van der Waals surface area contributed by atoms with Gasteiger partial charge in [-0.25, -0.2) is 0 Å². The third kappa shape index (κ3) is 3.92. The summed E-state index contributed by atoms with van der Waals surface area (Å²) in [6.07, 6.45) is -4.83. The lowest BCUT2D eigenvalue weighted by Gasteiger charge is -2.17. The molecule has 0 aliphatic rings. The van der Waals surface area contributed by atoms with Crippen LogP contribution in [0.4, 0.5) is 13.2 Å². The Hall–Kier alpha value is -1.24. The Labute approximate surface area is 103 Å². The summed E-state index contributed by atoms with van der Waals surface area (Å²) in [5.41, 5.74) is 0. The SMILES string of the molecule is O=C(O)C(COc1ccccc1Br)C(F)(F)F. The van der Waals surface area contributed by atoms with E-state index < -0.39 is 24.7 Å². The van der Waals surface area contributed by atoms with Gasteiger partial charge in [0.15, 0.2) is 5.92 Å². The van der Waals surface area contributed by atoms with Crippen molar-refractivity contribution in [3.63, 3.8) is 0 Å². The third-order valence-electron chi connectivity index (χ3n) is 1.94. The first-order valence-corrected chi connectivity index (χ1v) is 5.28. The van der Waals surface area contributed by atoms with Crippen LogP contribution in [0.5, 0.6) is 5.75 Å². The number of para-hydroxylation sites is 1. The van der Waals surface area contributed by atoms with Crippen molar-refractivity contribution in [2.75, 3.05) is 6.61 Å². The molecule has 0 aromatic heterocycles. The lowest BCUT2D eigenvalue weighted by Crippen LogP contribution is -2.35. The minimum Gasteiger partial charge on any atom is -0.491 e. The molecule has 17 heavy (non-hydrogen) atoms. The first kappa shape index (κ1) is 13.8. The predicted molar refractivity (Wildman–Crippen MR) is 56.8 cm³/mol. The molecule has 0 radical (unpaired) electrons. The van der Waals surface area contributed by atoms with Crippen molar-refractivity contribution >= 4 is 21.9 Å². The van der Waals surface area contributed by atoms with E-state index in [9.17, 15) is 18.0 Å². The summed E-state index contributed by atoms with van der Waals surface area (Å²) < 4.78 is 42.2. The van der Waals surface area contributed by atoms with Crippen LogP contribution in [0.15, 0.2) is 28.7 Å². The Morgan fingerprint density at radius 2 is 2.00 bits per heavy atom. The van der Waals surface area contributed by atoms with Gasteiger partial charge in [0.05, 0.1) is 4.47 Å². The molecule has 0 saturated heterocycles. The Morgan fingerprint density at radius 1 is 1.41 bits per heavy atom. The van der Waals surface area contributed by atoms with Gasteiger partial charge in [-0.3, -0.25) is 4.79 Å². The molecule has 0 spiro atoms. The number of hydrogen-bond acceptors (Lipinski definition) is 2. The lowest BCUT2D eigenvalue weighted by molar-refractivity contribution is -0.198. The zero-order valence-corrected chi connectivity index (χ0v) is 9.96. The molecule has 3 nitrogen and oxygen atoms in total. The van der Waals surface area contributed by atoms with E-state index in [4.69, 9.17) is 9.84 Å². The Balaban J connectivity index is 2.72. The summed E-state index contributed by atoms with van der Waals surface area (Å²) in [6, 6.07) is 6.26. The summed E-state index contributed by atoms with van der Waals surface area (Å²) in [5, 5.41) is 8.44. The maximum atomic E-state index is 12.3. The van der Waals surface area contributed by atoms with E-state index >= 15 is 0 Å². The molecule has 7 heteroatoms. The number of carboxylic acid groups (broad SMARTS) is 1. The number of carboxylic acids is 1. The zero-order chi connectivity index (χ0) is 13.1. The van der Waals surface area contributed by atoms with Crippen molar-refractivity contribution in [1.82, 2.24) is 0 Å². The number of carbonyl (C=O) groups is 1. The molecule has 0 amide bonds. The fraction of sp³-hybridized carbons (Fsp3) is 0.300. The number of hydrogen-bond donors (Lipinski definition) is 1.